The third-order valence-corrected chi connectivity index (χ3v) is 0. The molecule has 0 aromatic rings. The molecule has 0 rings (SSSR count). The molecule has 32 valence electrons. The molecule has 0 unspecified atom stereocenters. The zero-order valence-corrected chi connectivity index (χ0v) is 4.63. The van der Waals surface area contributed by atoms with E-state index in [4.69, 9.17) is 5.41 Å². The SMILES string of the molecule is [Fe].[N-]=C=S.[NH4+]. The molecule has 0 aliphatic carbocycles. The van der Waals surface area contributed by atoms with Crippen LogP contribution in [0.1, 0.15) is 0 Å². The molecule has 0 aromatic carbocycles. The van der Waals surface area contributed by atoms with Crippen molar-refractivity contribution < 1.29 is 17.1 Å². The fourth-order valence-electron chi connectivity index (χ4n) is 0. The number of rotatable bonds is 0. The molecular formula is CH4FeN2S. The Kier molecular flexibility index (Phi) is 105. The van der Waals surface area contributed by atoms with E-state index in [1.165, 1.54) is 5.16 Å². The normalized spacial score (nSPS) is 1.60. The molecule has 0 aromatic heterocycles. The van der Waals surface area contributed by atoms with E-state index in [1.807, 2.05) is 0 Å². The van der Waals surface area contributed by atoms with Gasteiger partial charge in [-0.3, -0.25) is 0 Å². The van der Waals surface area contributed by atoms with Gasteiger partial charge in [0.15, 0.2) is 0 Å². The molecule has 0 atom stereocenters. The van der Waals surface area contributed by atoms with Crippen molar-refractivity contribution in [3.8, 4) is 0 Å². The fraction of sp³-hybridized carbons (Fsp3) is 0. The summed E-state index contributed by atoms with van der Waals surface area (Å²) in [5.41, 5.74) is 0. The third kappa shape index (κ3) is 285. The van der Waals surface area contributed by atoms with Gasteiger partial charge in [-0.2, -0.15) is 5.16 Å². The molecule has 0 radical (unpaired) electrons. The molecule has 0 spiro atoms. The van der Waals surface area contributed by atoms with Crippen LogP contribution in [0.2, 0.25) is 0 Å². The standard InChI is InChI=1S/CNS.Fe.H3N/c2-1-3;;/h;;1H3/q-1;;/p+1. The number of isothiocyanates is 1. The Hall–Kier alpha value is 0.279. The second kappa shape index (κ2) is 28.1. The predicted octanol–water partition coefficient (Wildman–Crippen LogP) is 1.03. The van der Waals surface area contributed by atoms with Crippen LogP contribution in [0.15, 0.2) is 0 Å². The molecular weight excluding hydrogens is 128 g/mol. The fourth-order valence-corrected chi connectivity index (χ4v) is 0. The molecule has 0 bridgehead atoms. The maximum atomic E-state index is 7.13. The van der Waals surface area contributed by atoms with Crippen molar-refractivity contribution in [2.75, 3.05) is 0 Å². The van der Waals surface area contributed by atoms with Crippen molar-refractivity contribution in [3.63, 3.8) is 0 Å². The van der Waals surface area contributed by atoms with Gasteiger partial charge < -0.3 is 11.6 Å². The van der Waals surface area contributed by atoms with Crippen LogP contribution in [0.4, 0.5) is 0 Å². The monoisotopic (exact) mass is 132 g/mol. The van der Waals surface area contributed by atoms with Crippen molar-refractivity contribution in [1.82, 2.24) is 6.15 Å². The number of thiocarbonyl (C=S) groups is 1. The van der Waals surface area contributed by atoms with Gasteiger partial charge in [0.2, 0.25) is 0 Å². The molecule has 5 heavy (non-hydrogen) atoms. The summed E-state index contributed by atoms with van der Waals surface area (Å²) in [6.45, 7) is 0. The minimum Gasteiger partial charge on any atom is -0.753 e. The Morgan fingerprint density at radius 3 is 1.60 bits per heavy atom. The molecule has 0 aliphatic heterocycles. The van der Waals surface area contributed by atoms with E-state index in [0.29, 0.717) is 0 Å². The zero-order chi connectivity index (χ0) is 2.71. The summed E-state index contributed by atoms with van der Waals surface area (Å²) in [7, 11) is 0. The van der Waals surface area contributed by atoms with Gasteiger partial charge in [-0.15, -0.1) is 0 Å². The average Bonchev–Trinajstić information content (AvgIpc) is 0.918. The maximum absolute atomic E-state index is 7.13. The molecule has 0 amide bonds. The Bertz CT molecular complexity index is 30.6. The molecule has 4 heteroatoms. The van der Waals surface area contributed by atoms with E-state index < -0.39 is 0 Å². The van der Waals surface area contributed by atoms with Gasteiger partial charge in [0.05, 0.1) is 0 Å². The van der Waals surface area contributed by atoms with Crippen LogP contribution in [0.5, 0.6) is 0 Å². The van der Waals surface area contributed by atoms with E-state index in [0.717, 1.165) is 0 Å². The van der Waals surface area contributed by atoms with Crippen molar-refractivity contribution in [2.24, 2.45) is 0 Å². The molecule has 0 fully saturated rings. The van der Waals surface area contributed by atoms with Gasteiger partial charge in [-0.05, 0) is 0 Å². The second-order valence-corrected chi connectivity index (χ2v) is 0.274. The summed E-state index contributed by atoms with van der Waals surface area (Å²) in [4.78, 5) is 0. The van der Waals surface area contributed by atoms with Gasteiger partial charge in [0.1, 0.15) is 0 Å². The Morgan fingerprint density at radius 1 is 1.60 bits per heavy atom. The first-order valence-corrected chi connectivity index (χ1v) is 0.836. The first-order chi connectivity index (χ1) is 1.41. The van der Waals surface area contributed by atoms with Gasteiger partial charge >= 0.3 is 0 Å². The minimum absolute atomic E-state index is 0. The molecule has 0 saturated carbocycles. The van der Waals surface area contributed by atoms with Gasteiger partial charge in [-0.25, -0.2) is 0 Å². The summed E-state index contributed by atoms with van der Waals surface area (Å²) in [5.74, 6) is 0. The summed E-state index contributed by atoms with van der Waals surface area (Å²) >= 11 is 3.70. The number of hydrogen-bond donors (Lipinski definition) is 1. The molecule has 0 saturated heterocycles. The first-order valence-electron chi connectivity index (χ1n) is 0.428. The first kappa shape index (κ1) is 18.6. The number of quaternary nitrogens is 1. The molecule has 0 heterocycles. The van der Waals surface area contributed by atoms with E-state index in [1.54, 1.807) is 0 Å². The molecule has 2 nitrogen and oxygen atoms in total. The number of hydrogen-bond acceptors (Lipinski definition) is 1. The Balaban J connectivity index is -0.0000000200. The van der Waals surface area contributed by atoms with Gasteiger partial charge in [0, 0.05) is 17.1 Å². The van der Waals surface area contributed by atoms with Crippen LogP contribution in [0.3, 0.4) is 0 Å². The Labute approximate surface area is 46.5 Å². The predicted molar refractivity (Wildman–Crippen MR) is 21.9 cm³/mol. The third-order valence-electron chi connectivity index (χ3n) is 0. The Morgan fingerprint density at radius 2 is 1.60 bits per heavy atom. The van der Waals surface area contributed by atoms with E-state index >= 15 is 0 Å². The quantitative estimate of drug-likeness (QED) is 0.298. The summed E-state index contributed by atoms with van der Waals surface area (Å²) in [6.07, 6.45) is 0. The van der Waals surface area contributed by atoms with Crippen LogP contribution in [0, 0.1) is 0 Å². The molecule has 0 aliphatic rings. The van der Waals surface area contributed by atoms with E-state index in [9.17, 15) is 0 Å². The molecule has 4 N–H and O–H groups in total. The summed E-state index contributed by atoms with van der Waals surface area (Å²) < 4.78 is 0. The van der Waals surface area contributed by atoms with Gasteiger partial charge in [0.25, 0.3) is 0 Å². The smallest absolute Gasteiger partial charge is 0 e. The van der Waals surface area contributed by atoms with Gasteiger partial charge in [-0.1, -0.05) is 12.2 Å². The van der Waals surface area contributed by atoms with Crippen molar-refractivity contribution in [3.05, 3.63) is 5.41 Å². The number of nitrogens with zero attached hydrogens (tertiary/aromatic N) is 1. The topological polar surface area (TPSA) is 58.8 Å². The van der Waals surface area contributed by atoms with Crippen LogP contribution in [-0.4, -0.2) is 5.16 Å². The van der Waals surface area contributed by atoms with Crippen LogP contribution in [-0.2, 0) is 17.1 Å². The van der Waals surface area contributed by atoms with Crippen molar-refractivity contribution in [2.45, 2.75) is 0 Å². The zero-order valence-electron chi connectivity index (χ0n) is 2.71. The van der Waals surface area contributed by atoms with E-state index in [2.05, 4.69) is 12.2 Å². The second-order valence-electron chi connectivity index (χ2n) is 0.0913. The van der Waals surface area contributed by atoms with Crippen LogP contribution >= 0.6 is 12.2 Å². The maximum Gasteiger partial charge on any atom is 0 e. The van der Waals surface area contributed by atoms with E-state index in [-0.39, 0.29) is 23.2 Å². The average molecular weight is 132 g/mol. The summed E-state index contributed by atoms with van der Waals surface area (Å²) in [6, 6.07) is 0. The minimum atomic E-state index is 0. The summed E-state index contributed by atoms with van der Waals surface area (Å²) in [5, 5.41) is 8.47. The van der Waals surface area contributed by atoms with Crippen molar-refractivity contribution in [1.29, 1.82) is 0 Å². The van der Waals surface area contributed by atoms with Crippen LogP contribution in [0.25, 0.3) is 5.41 Å². The largest absolute Gasteiger partial charge is 0.753 e. The van der Waals surface area contributed by atoms with Crippen molar-refractivity contribution >= 4 is 17.4 Å². The van der Waals surface area contributed by atoms with Crippen LogP contribution < -0.4 is 6.15 Å².